The molecule has 0 aliphatic carbocycles. The molecule has 0 unspecified atom stereocenters. The summed E-state index contributed by atoms with van der Waals surface area (Å²) in [6.07, 6.45) is 8.89. The number of nitrogens with zero attached hydrogens (tertiary/aromatic N) is 4. The monoisotopic (exact) mass is 642 g/mol. The first kappa shape index (κ1) is 34.8. The van der Waals surface area contributed by atoms with Crippen molar-refractivity contribution in [2.24, 2.45) is 14.1 Å². The molecule has 6 nitrogen and oxygen atoms in total. The summed E-state index contributed by atoms with van der Waals surface area (Å²) in [4.78, 5) is 4.90. The Morgan fingerprint density at radius 3 is 1.35 bits per heavy atom. The zero-order chi connectivity index (χ0) is 33.9. The van der Waals surface area contributed by atoms with Crippen LogP contribution in [0.25, 0.3) is 46.1 Å². The van der Waals surface area contributed by atoms with E-state index in [0.717, 1.165) is 63.7 Å². The van der Waals surface area contributed by atoms with E-state index in [1.165, 1.54) is 44.3 Å². The third-order valence-electron chi connectivity index (χ3n) is 9.55. The van der Waals surface area contributed by atoms with Crippen LogP contribution in [0.2, 0.25) is 0 Å². The number of likely N-dealkylation sites (N-methyl/N-ethyl adjacent to an activating group) is 2. The summed E-state index contributed by atoms with van der Waals surface area (Å²) in [5, 5.41) is 9.94. The minimum absolute atomic E-state index is 0.916. The van der Waals surface area contributed by atoms with Crippen molar-refractivity contribution in [2.75, 3.05) is 63.0 Å². The summed E-state index contributed by atoms with van der Waals surface area (Å²) in [6.45, 7) is 17.1. The van der Waals surface area contributed by atoms with Crippen molar-refractivity contribution in [3.63, 3.8) is 0 Å². The molecule has 0 fully saturated rings. The Bertz CT molecular complexity index is 1730. The fourth-order valence-corrected chi connectivity index (χ4v) is 6.43. The van der Waals surface area contributed by atoms with Gasteiger partial charge in [0.15, 0.2) is 0 Å². The van der Waals surface area contributed by atoms with E-state index in [-0.39, 0.29) is 0 Å². The van der Waals surface area contributed by atoms with Crippen LogP contribution < -0.4 is 19.8 Å². The van der Waals surface area contributed by atoms with Gasteiger partial charge in [-0.3, -0.25) is 0 Å². The van der Waals surface area contributed by atoms with Crippen LogP contribution in [-0.2, 0) is 14.1 Å². The highest BCUT2D eigenvalue weighted by molar-refractivity contribution is 5.91. The van der Waals surface area contributed by atoms with Gasteiger partial charge in [0.25, 0.3) is 0 Å². The maximum absolute atomic E-state index is 3.73. The highest BCUT2D eigenvalue weighted by atomic mass is 15.1. The predicted molar refractivity (Wildman–Crippen MR) is 207 cm³/mol. The Labute approximate surface area is 288 Å². The van der Waals surface area contributed by atoms with Crippen LogP contribution in [0.4, 0.5) is 11.4 Å². The number of anilines is 2. The number of benzene rings is 3. The summed E-state index contributed by atoms with van der Waals surface area (Å²) < 4.78 is 4.55. The van der Waals surface area contributed by atoms with Gasteiger partial charge in [0, 0.05) is 62.6 Å². The molecule has 5 aromatic rings. The third kappa shape index (κ3) is 8.49. The minimum atomic E-state index is 0.916. The number of hydrogen-bond acceptors (Lipinski definition) is 4. The Morgan fingerprint density at radius 1 is 0.521 bits per heavy atom. The van der Waals surface area contributed by atoms with Crippen molar-refractivity contribution in [1.82, 2.24) is 9.80 Å². The normalized spacial score (nSPS) is 12.0. The smallest absolute Gasteiger partial charge is 0.214 e. The van der Waals surface area contributed by atoms with Crippen molar-refractivity contribution in [1.29, 1.82) is 0 Å². The quantitative estimate of drug-likeness (QED) is 0.109. The number of pyridine rings is 2. The third-order valence-corrected chi connectivity index (χ3v) is 9.55. The van der Waals surface area contributed by atoms with Gasteiger partial charge in [-0.05, 0) is 67.7 Å². The number of para-hydroxylation sites is 2. The van der Waals surface area contributed by atoms with Crippen LogP contribution in [0.1, 0.15) is 50.2 Å². The topological polar surface area (TPSA) is 38.3 Å². The standard InChI is InChI=1S/C42H52N6/c1-7-47(8-2)28-26-43-39-31-35(45(5)41-20-13-11-18-37(39)41)24-22-33-16-15-17-34(30-33)23-25-36-32-40(44-27-29-48(9-3)10-4)38-19-12-14-21-42(38)46(36)6/h11-25,30-32H,7-10,26-29H2,1-6H3/p+2/b24-22+,25-23+. The molecule has 250 valence electrons. The van der Waals surface area contributed by atoms with Gasteiger partial charge in [-0.25, -0.2) is 0 Å². The van der Waals surface area contributed by atoms with Crippen molar-refractivity contribution < 1.29 is 9.13 Å². The lowest BCUT2D eigenvalue weighted by atomic mass is 10.1. The number of aromatic nitrogens is 2. The molecule has 3 aromatic carbocycles. The zero-order valence-electron chi connectivity index (χ0n) is 29.8. The van der Waals surface area contributed by atoms with Gasteiger partial charge >= 0.3 is 0 Å². The molecule has 0 saturated carbocycles. The molecule has 0 aliphatic rings. The molecular weight excluding hydrogens is 589 g/mol. The molecule has 48 heavy (non-hydrogen) atoms. The van der Waals surface area contributed by atoms with Gasteiger partial charge in [-0.15, -0.1) is 0 Å². The highest BCUT2D eigenvalue weighted by Gasteiger charge is 2.16. The molecule has 2 heterocycles. The van der Waals surface area contributed by atoms with Crippen LogP contribution in [0.5, 0.6) is 0 Å². The summed E-state index contributed by atoms with van der Waals surface area (Å²) >= 11 is 0. The first-order valence-corrected chi connectivity index (χ1v) is 17.7. The number of nitrogens with one attached hydrogen (secondary N) is 2. The Hall–Kier alpha value is -4.52. The van der Waals surface area contributed by atoms with Gasteiger partial charge in [0.2, 0.25) is 22.4 Å². The summed E-state index contributed by atoms with van der Waals surface area (Å²) in [5.41, 5.74) is 9.44. The number of aryl methyl sites for hydroxylation is 2. The summed E-state index contributed by atoms with van der Waals surface area (Å²) in [6, 6.07) is 30.6. The largest absolute Gasteiger partial charge is 0.383 e. The fraction of sp³-hybridized carbons (Fsp3) is 0.333. The molecular formula is C42H54N6+2. The Kier molecular flexibility index (Phi) is 12.4. The molecule has 0 amide bonds. The SMILES string of the molecule is CCN(CC)CCNc1cc(/C=C/c2cccc(/C=C/c3cc(NCCN(CC)CC)c4ccccc4[n+]3C)c2)[n+](C)c2ccccc12. The second kappa shape index (κ2) is 17.0. The van der Waals surface area contributed by atoms with Crippen LogP contribution in [-0.4, -0.2) is 62.2 Å². The second-order valence-electron chi connectivity index (χ2n) is 12.4. The van der Waals surface area contributed by atoms with Gasteiger partial charge in [-0.1, -0.05) is 70.2 Å². The first-order valence-electron chi connectivity index (χ1n) is 17.7. The van der Waals surface area contributed by atoms with E-state index in [0.29, 0.717) is 0 Å². The van der Waals surface area contributed by atoms with E-state index in [9.17, 15) is 0 Å². The van der Waals surface area contributed by atoms with Gasteiger partial charge in [0.05, 0.1) is 22.1 Å². The van der Waals surface area contributed by atoms with Gasteiger partial charge in [-0.2, -0.15) is 9.13 Å². The average Bonchev–Trinajstić information content (AvgIpc) is 3.13. The number of fused-ring (bicyclic) bond motifs is 2. The summed E-state index contributed by atoms with van der Waals surface area (Å²) in [5.74, 6) is 0. The molecule has 0 spiro atoms. The van der Waals surface area contributed by atoms with Crippen molar-refractivity contribution in [3.05, 3.63) is 107 Å². The maximum atomic E-state index is 3.73. The van der Waals surface area contributed by atoms with E-state index < -0.39 is 0 Å². The molecule has 5 rings (SSSR count). The van der Waals surface area contributed by atoms with E-state index in [2.05, 4.69) is 181 Å². The number of hydrogen-bond donors (Lipinski definition) is 2. The van der Waals surface area contributed by atoms with Crippen LogP contribution >= 0.6 is 0 Å². The lowest BCUT2D eigenvalue weighted by molar-refractivity contribution is -0.646. The molecule has 0 saturated heterocycles. The number of rotatable bonds is 16. The molecule has 0 bridgehead atoms. The summed E-state index contributed by atoms with van der Waals surface area (Å²) in [7, 11) is 4.30. The fourth-order valence-electron chi connectivity index (χ4n) is 6.43. The Balaban J connectivity index is 1.37. The minimum Gasteiger partial charge on any atom is -0.383 e. The molecule has 0 radical (unpaired) electrons. The molecule has 0 atom stereocenters. The van der Waals surface area contributed by atoms with Crippen LogP contribution in [0, 0.1) is 0 Å². The van der Waals surface area contributed by atoms with Crippen LogP contribution in [0.3, 0.4) is 0 Å². The van der Waals surface area contributed by atoms with E-state index >= 15 is 0 Å². The van der Waals surface area contributed by atoms with Crippen LogP contribution in [0.15, 0.2) is 84.9 Å². The average molecular weight is 643 g/mol. The lowest BCUT2D eigenvalue weighted by Crippen LogP contribution is -2.33. The zero-order valence-corrected chi connectivity index (χ0v) is 29.8. The van der Waals surface area contributed by atoms with E-state index in [1.807, 2.05) is 0 Å². The Morgan fingerprint density at radius 2 is 0.938 bits per heavy atom. The van der Waals surface area contributed by atoms with Crippen molar-refractivity contribution >= 4 is 57.5 Å². The molecule has 6 heteroatoms. The lowest BCUT2D eigenvalue weighted by Gasteiger charge is -2.19. The van der Waals surface area contributed by atoms with E-state index in [1.54, 1.807) is 0 Å². The van der Waals surface area contributed by atoms with Gasteiger partial charge < -0.3 is 20.4 Å². The predicted octanol–water partition coefficient (Wildman–Crippen LogP) is 7.49. The second-order valence-corrected chi connectivity index (χ2v) is 12.4. The molecule has 2 aromatic heterocycles. The maximum Gasteiger partial charge on any atom is 0.214 e. The first-order chi connectivity index (χ1) is 23.4. The highest BCUT2D eigenvalue weighted by Crippen LogP contribution is 2.24. The van der Waals surface area contributed by atoms with Gasteiger partial charge in [0.1, 0.15) is 14.1 Å². The van der Waals surface area contributed by atoms with Crippen molar-refractivity contribution in [3.8, 4) is 0 Å². The molecule has 2 N–H and O–H groups in total. The van der Waals surface area contributed by atoms with Crippen molar-refractivity contribution in [2.45, 2.75) is 27.7 Å². The van der Waals surface area contributed by atoms with E-state index in [4.69, 9.17) is 0 Å². The molecule has 0 aliphatic heterocycles.